The van der Waals surface area contributed by atoms with Gasteiger partial charge in [-0.15, -0.1) is 17.8 Å². The van der Waals surface area contributed by atoms with Crippen molar-refractivity contribution in [2.24, 2.45) is 75.8 Å². The van der Waals surface area contributed by atoms with Gasteiger partial charge in [-0.2, -0.15) is 0 Å². The van der Waals surface area contributed by atoms with Crippen molar-refractivity contribution in [2.75, 3.05) is 0 Å². The molecule has 0 N–H and O–H groups in total. The van der Waals surface area contributed by atoms with Crippen LogP contribution in [-0.4, -0.2) is 0 Å². The summed E-state index contributed by atoms with van der Waals surface area (Å²) in [5, 5.41) is 0. The molecule has 0 saturated carbocycles. The standard InChI is InChI=1S/3C13H26.2C12H24.2C12H22/c3*1-12(2,3)10-8-7-9-11-13(4,5)6;4*1-11(2,3)9-7-8-10-12(4,5)6/h8,10H,7,9,11H2,1-6H3;2*7-8H,9-11H2,1-6H3;7,9H,8,10H2,1-6H3;7-8H,9-10H2,1-6H3;9-10H2,1-6H3;7,9H2,1-6H3/b10-8+;2*8-7+;9-7+;8-7+;;. The van der Waals surface area contributed by atoms with E-state index in [0.717, 1.165) is 19.3 Å². The number of unbranched alkanes of at least 4 members (excludes halogenated alkanes) is 1. The van der Waals surface area contributed by atoms with Crippen LogP contribution in [0.4, 0.5) is 0 Å². The maximum Gasteiger partial charge on any atom is 0.0230 e. The molecule has 0 aliphatic heterocycles. The predicted molar refractivity (Wildman–Crippen MR) is 412 cm³/mol. The predicted octanol–water partition coefficient (Wildman–Crippen LogP) is 31.0. The van der Waals surface area contributed by atoms with Crippen LogP contribution in [0, 0.1) is 99.5 Å². The Balaban J connectivity index is -0.000000172. The number of rotatable bonds is 14. The summed E-state index contributed by atoms with van der Waals surface area (Å²) in [7, 11) is 0. The van der Waals surface area contributed by atoms with Gasteiger partial charge in [0.1, 0.15) is 0 Å². The zero-order valence-electron chi connectivity index (χ0n) is 68.8. The van der Waals surface area contributed by atoms with Gasteiger partial charge >= 0.3 is 0 Å². The molecule has 0 amide bonds. The lowest BCUT2D eigenvalue weighted by atomic mass is 9.89. The molecule has 87 heavy (non-hydrogen) atoms. The molecule has 0 atom stereocenters. The Morgan fingerprint density at radius 3 is 0.678 bits per heavy atom. The summed E-state index contributed by atoms with van der Waals surface area (Å²) in [6, 6.07) is 0. The van der Waals surface area contributed by atoms with E-state index < -0.39 is 0 Å². The third-order valence-electron chi connectivity index (χ3n) is 12.0. The maximum atomic E-state index is 3.24. The molecular weight excluding hydrogens is 1040 g/mol. The van der Waals surface area contributed by atoms with Gasteiger partial charge in [-0.3, -0.25) is 0 Å². The maximum absolute atomic E-state index is 3.24. The first-order valence-corrected chi connectivity index (χ1v) is 35.2. The van der Waals surface area contributed by atoms with E-state index in [0.29, 0.717) is 70.4 Å². The van der Waals surface area contributed by atoms with Crippen molar-refractivity contribution in [3.8, 4) is 23.7 Å². The zero-order chi connectivity index (χ0) is 70.9. The van der Waals surface area contributed by atoms with Crippen LogP contribution in [0.2, 0.25) is 0 Å². The molecule has 0 radical (unpaired) electrons. The van der Waals surface area contributed by atoms with Crippen LogP contribution in [0.5, 0.6) is 0 Å². The van der Waals surface area contributed by atoms with Crippen molar-refractivity contribution in [1.82, 2.24) is 0 Å². The summed E-state index contributed by atoms with van der Waals surface area (Å²) in [5.74, 6) is 12.9. The molecule has 0 heterocycles. The average Bonchev–Trinajstić information content (AvgIpc) is 3.20. The minimum atomic E-state index is 0.165. The van der Waals surface area contributed by atoms with E-state index in [9.17, 15) is 0 Å². The molecule has 0 aliphatic rings. The number of hydrogen-bond acceptors (Lipinski definition) is 0. The third kappa shape index (κ3) is 138. The van der Waals surface area contributed by atoms with Crippen LogP contribution in [0.25, 0.3) is 0 Å². The van der Waals surface area contributed by atoms with Crippen LogP contribution in [0.3, 0.4) is 0 Å². The van der Waals surface area contributed by atoms with E-state index in [2.05, 4.69) is 375 Å². The molecule has 0 bridgehead atoms. The molecule has 0 aromatic rings. The minimum Gasteiger partial charge on any atom is -0.103 e. The highest BCUT2D eigenvalue weighted by atomic mass is 14.2. The Morgan fingerprint density at radius 1 is 0.218 bits per heavy atom. The number of allylic oxidation sites excluding steroid dienone is 10. The molecule has 0 unspecified atom stereocenters. The van der Waals surface area contributed by atoms with Crippen molar-refractivity contribution in [3.63, 3.8) is 0 Å². The van der Waals surface area contributed by atoms with E-state index in [4.69, 9.17) is 0 Å². The SMILES string of the molecule is CC(C)(C)/C=C/CCC(C)(C)C.CC(C)(C)/C=C/CCCC(C)(C)C.CC(C)(C)C#CCCC(C)(C)C.CC(C)(C)C/C=C/CC(C)(C)C.CC(C)(C)C/C=C/CCC(C)(C)C.CC(C)(C)C/C=C/CCC(C)(C)C.CC(C)(C)CC#CCC(C)(C)C. The molecule has 0 heteroatoms. The highest BCUT2D eigenvalue weighted by molar-refractivity contribution is 5.07. The van der Waals surface area contributed by atoms with Crippen molar-refractivity contribution in [1.29, 1.82) is 0 Å². The topological polar surface area (TPSA) is 0 Å². The largest absolute Gasteiger partial charge is 0.103 e. The highest BCUT2D eigenvalue weighted by Gasteiger charge is 2.15. The molecule has 0 nitrogen and oxygen atoms in total. The molecular formula is C87H170. The number of hydrogen-bond donors (Lipinski definition) is 0. The summed E-state index contributed by atoms with van der Waals surface area (Å²) >= 11 is 0. The second-order valence-electron chi connectivity index (χ2n) is 42.2. The van der Waals surface area contributed by atoms with Gasteiger partial charge in [0.05, 0.1) is 0 Å². The fourth-order valence-electron chi connectivity index (χ4n) is 6.58. The van der Waals surface area contributed by atoms with Gasteiger partial charge in [-0.25, -0.2) is 0 Å². The fourth-order valence-corrected chi connectivity index (χ4v) is 6.58. The van der Waals surface area contributed by atoms with E-state index in [1.807, 2.05) is 0 Å². The zero-order valence-corrected chi connectivity index (χ0v) is 68.8. The second-order valence-corrected chi connectivity index (χ2v) is 42.2. The van der Waals surface area contributed by atoms with Gasteiger partial charge in [-0.05, 0) is 181 Å². The molecule has 0 aromatic carbocycles. The first-order valence-electron chi connectivity index (χ1n) is 35.2. The van der Waals surface area contributed by atoms with Crippen LogP contribution < -0.4 is 0 Å². The molecule has 518 valence electrons. The lowest BCUT2D eigenvalue weighted by molar-refractivity contribution is 0.366. The second kappa shape index (κ2) is 45.2. The van der Waals surface area contributed by atoms with Crippen molar-refractivity contribution < 1.29 is 0 Å². The monoisotopic (exact) mass is 1220 g/mol. The highest BCUT2D eigenvalue weighted by Crippen LogP contribution is 2.28. The van der Waals surface area contributed by atoms with E-state index in [1.54, 1.807) is 0 Å². The minimum absolute atomic E-state index is 0.165. The van der Waals surface area contributed by atoms with Crippen molar-refractivity contribution in [3.05, 3.63) is 60.8 Å². The van der Waals surface area contributed by atoms with Crippen molar-refractivity contribution >= 4 is 0 Å². The lowest BCUT2D eigenvalue weighted by Crippen LogP contribution is -2.04. The average molecular weight is 1220 g/mol. The van der Waals surface area contributed by atoms with Crippen LogP contribution >= 0.6 is 0 Å². The first kappa shape index (κ1) is 98.4. The lowest BCUT2D eigenvalue weighted by Gasteiger charge is -2.17. The normalized spacial score (nSPS) is 13.5. The van der Waals surface area contributed by atoms with Crippen LogP contribution in [0.1, 0.15) is 400 Å². The summed E-state index contributed by atoms with van der Waals surface area (Å²) < 4.78 is 0. The van der Waals surface area contributed by atoms with Crippen molar-refractivity contribution in [2.45, 2.75) is 400 Å². The Labute approximate surface area is 557 Å². The molecule has 0 rings (SSSR count). The third-order valence-corrected chi connectivity index (χ3v) is 12.0. The summed E-state index contributed by atoms with van der Waals surface area (Å²) in [6.45, 7) is 94.9. The van der Waals surface area contributed by atoms with Crippen LogP contribution in [-0.2, 0) is 0 Å². The van der Waals surface area contributed by atoms with Crippen LogP contribution in [0.15, 0.2) is 60.8 Å². The Hall–Kier alpha value is -2.18. The molecule has 0 spiro atoms. The Morgan fingerprint density at radius 2 is 0.460 bits per heavy atom. The van der Waals surface area contributed by atoms with Gasteiger partial charge in [-0.1, -0.05) is 337 Å². The Bertz CT molecular complexity index is 1810. The van der Waals surface area contributed by atoms with Gasteiger partial charge in [0.2, 0.25) is 0 Å². The summed E-state index contributed by atoms with van der Waals surface area (Å²) in [4.78, 5) is 0. The van der Waals surface area contributed by atoms with E-state index >= 15 is 0 Å². The fraction of sp³-hybridized carbons (Fsp3) is 0.839. The molecule has 0 aliphatic carbocycles. The smallest absolute Gasteiger partial charge is 0.0230 e. The van der Waals surface area contributed by atoms with Gasteiger partial charge in [0, 0.05) is 24.7 Å². The molecule has 0 aromatic heterocycles. The quantitative estimate of drug-likeness (QED) is 0.0924. The Kier molecular flexibility index (Phi) is 51.1. The molecule has 0 saturated heterocycles. The van der Waals surface area contributed by atoms with E-state index in [-0.39, 0.29) is 5.41 Å². The molecule has 0 fully saturated rings. The van der Waals surface area contributed by atoms with E-state index in [1.165, 1.54) is 89.9 Å². The van der Waals surface area contributed by atoms with Gasteiger partial charge < -0.3 is 0 Å². The summed E-state index contributed by atoms with van der Waals surface area (Å²) in [5.41, 5.74) is 5.68. The first-order chi connectivity index (χ1) is 37.9. The van der Waals surface area contributed by atoms with Gasteiger partial charge in [0.25, 0.3) is 0 Å². The summed E-state index contributed by atoms with van der Waals surface area (Å²) in [6.07, 6.45) is 43.5. The van der Waals surface area contributed by atoms with Gasteiger partial charge in [0.15, 0.2) is 0 Å².